The van der Waals surface area contributed by atoms with E-state index in [-0.39, 0.29) is 5.82 Å². The van der Waals surface area contributed by atoms with Gasteiger partial charge in [-0.3, -0.25) is 24.8 Å². The molecule has 0 bridgehead atoms. The van der Waals surface area contributed by atoms with E-state index in [0.717, 1.165) is 85.7 Å². The third-order valence-electron chi connectivity index (χ3n) is 8.47. The van der Waals surface area contributed by atoms with Crippen molar-refractivity contribution in [1.29, 1.82) is 0 Å². The molecule has 1 fully saturated rings. The number of benzene rings is 1. The maximum absolute atomic E-state index is 14.8. The number of hydrogen-bond acceptors (Lipinski definition) is 6. The minimum atomic E-state index is -1.43. The zero-order valence-corrected chi connectivity index (χ0v) is 26.2. The summed E-state index contributed by atoms with van der Waals surface area (Å²) in [6, 6.07) is 11.3. The van der Waals surface area contributed by atoms with E-state index < -0.39 is 9.39 Å². The van der Waals surface area contributed by atoms with Crippen molar-refractivity contribution in [2.45, 2.75) is 38.8 Å². The molecule has 45 heavy (non-hydrogen) atoms. The fourth-order valence-electron chi connectivity index (χ4n) is 6.21. The molecule has 0 amide bonds. The minimum absolute atomic E-state index is 0.302. The Bertz CT molecular complexity index is 2110. The van der Waals surface area contributed by atoms with Crippen molar-refractivity contribution in [3.05, 3.63) is 84.3 Å². The predicted molar refractivity (Wildman–Crippen MR) is 186 cm³/mol. The molecule has 8 nitrogen and oxygen atoms in total. The van der Waals surface area contributed by atoms with Gasteiger partial charge in [-0.15, -0.1) is 0 Å². The molecule has 7 rings (SSSR count). The second-order valence-corrected chi connectivity index (χ2v) is 15.2. The van der Waals surface area contributed by atoms with Crippen molar-refractivity contribution in [2.24, 2.45) is 5.92 Å². The normalized spacial score (nSPS) is 14.2. The Morgan fingerprint density at radius 2 is 1.69 bits per heavy atom. The Labute approximate surface area is 262 Å². The maximum atomic E-state index is 14.8. The summed E-state index contributed by atoms with van der Waals surface area (Å²) in [5.41, 5.74) is 8.62. The van der Waals surface area contributed by atoms with E-state index in [2.05, 4.69) is 65.1 Å². The molecular formula is C35H37FN8S. The molecule has 1 aromatic carbocycles. The Morgan fingerprint density at radius 3 is 2.53 bits per heavy atom. The van der Waals surface area contributed by atoms with Crippen LogP contribution in [0.3, 0.4) is 0 Å². The number of hydrogen-bond donors (Lipinski definition) is 4. The van der Waals surface area contributed by atoms with Crippen LogP contribution in [-0.2, 0) is 13.1 Å². The number of pyridine rings is 3. The minimum Gasteiger partial charge on any atom is -0.352 e. The van der Waals surface area contributed by atoms with Gasteiger partial charge in [0.05, 0.1) is 34.8 Å². The molecule has 1 aliphatic carbocycles. The molecule has 0 radical (unpaired) electrons. The summed E-state index contributed by atoms with van der Waals surface area (Å²) in [4.78, 5) is 17.2. The van der Waals surface area contributed by atoms with Gasteiger partial charge in [-0.05, 0) is 84.6 Å². The number of fused-ring (bicyclic) bond motifs is 2. The van der Waals surface area contributed by atoms with Crippen LogP contribution >= 0.6 is 9.39 Å². The lowest BCUT2D eigenvalue weighted by Gasteiger charge is -2.12. The molecule has 0 saturated heterocycles. The molecule has 1 aliphatic rings. The van der Waals surface area contributed by atoms with Crippen molar-refractivity contribution in [1.82, 2.24) is 40.2 Å². The van der Waals surface area contributed by atoms with Gasteiger partial charge in [-0.25, -0.2) is 4.39 Å². The average molecular weight is 621 g/mol. The maximum Gasteiger partial charge on any atom is 0.124 e. The third-order valence-corrected chi connectivity index (χ3v) is 9.31. The van der Waals surface area contributed by atoms with E-state index in [1.54, 1.807) is 18.5 Å². The Morgan fingerprint density at radius 1 is 0.867 bits per heavy atom. The van der Waals surface area contributed by atoms with Crippen molar-refractivity contribution >= 4 is 42.9 Å². The van der Waals surface area contributed by atoms with Crippen LogP contribution in [0.1, 0.15) is 36.8 Å². The molecule has 0 aliphatic heterocycles. The largest absolute Gasteiger partial charge is 0.352 e. The first kappa shape index (κ1) is 29.3. The topological polar surface area (TPSA) is 107 Å². The van der Waals surface area contributed by atoms with Crippen LogP contribution in [-0.4, -0.2) is 54.7 Å². The van der Waals surface area contributed by atoms with Gasteiger partial charge < -0.3 is 10.3 Å². The zero-order valence-electron chi connectivity index (χ0n) is 25.4. The van der Waals surface area contributed by atoms with Crippen LogP contribution in [0.15, 0.2) is 67.4 Å². The van der Waals surface area contributed by atoms with E-state index >= 15 is 0 Å². The lowest BCUT2D eigenvalue weighted by Crippen LogP contribution is -2.20. The molecule has 4 N–H and O–H groups in total. The number of rotatable bonds is 10. The molecule has 5 aromatic heterocycles. The molecule has 5 heterocycles. The van der Waals surface area contributed by atoms with Crippen LogP contribution in [0.5, 0.6) is 0 Å². The SMILES string of the molecule is C=S(=C)(C)NCc1cc(F)cc(-c2cncc3[nH]c(-c4n[nH]c5cnc(-c6cncc(CNCC7CCCC7)c6)cc45)cc23)c1. The van der Waals surface area contributed by atoms with E-state index in [1.165, 1.54) is 31.7 Å². The van der Waals surface area contributed by atoms with Crippen LogP contribution in [0.25, 0.3) is 55.6 Å². The molecule has 10 heteroatoms. The summed E-state index contributed by atoms with van der Waals surface area (Å²) in [5.74, 6) is 8.61. The van der Waals surface area contributed by atoms with Gasteiger partial charge in [0.15, 0.2) is 0 Å². The molecule has 0 spiro atoms. The fourth-order valence-corrected chi connectivity index (χ4v) is 6.73. The highest BCUT2D eigenvalue weighted by atomic mass is 32.2. The van der Waals surface area contributed by atoms with Crippen LogP contribution in [0.2, 0.25) is 0 Å². The summed E-state index contributed by atoms with van der Waals surface area (Å²) in [6.45, 7) is 2.33. The average Bonchev–Trinajstić information content (AvgIpc) is 3.79. The van der Waals surface area contributed by atoms with Gasteiger partial charge in [0.25, 0.3) is 0 Å². The molecule has 1 saturated carbocycles. The van der Waals surface area contributed by atoms with Gasteiger partial charge in [0.1, 0.15) is 11.5 Å². The summed E-state index contributed by atoms with van der Waals surface area (Å²) in [5, 5.41) is 13.3. The molecule has 6 aromatic rings. The Balaban J connectivity index is 1.19. The summed E-state index contributed by atoms with van der Waals surface area (Å²) >= 11 is 0. The van der Waals surface area contributed by atoms with Gasteiger partial charge in [-0.1, -0.05) is 24.6 Å². The number of halogens is 1. The lowest BCUT2D eigenvalue weighted by molar-refractivity contribution is 0.489. The van der Waals surface area contributed by atoms with Crippen LogP contribution in [0, 0.1) is 11.7 Å². The highest BCUT2D eigenvalue weighted by Crippen LogP contribution is 2.35. The van der Waals surface area contributed by atoms with Crippen LogP contribution in [0.4, 0.5) is 4.39 Å². The lowest BCUT2D eigenvalue weighted by atomic mass is 10.0. The monoisotopic (exact) mass is 620 g/mol. The van der Waals surface area contributed by atoms with Crippen molar-refractivity contribution in [3.63, 3.8) is 0 Å². The Hall–Kier alpha value is -4.38. The first-order chi connectivity index (χ1) is 21.8. The van der Waals surface area contributed by atoms with Gasteiger partial charge >= 0.3 is 0 Å². The smallest absolute Gasteiger partial charge is 0.124 e. The van der Waals surface area contributed by atoms with Gasteiger partial charge in [-0.2, -0.15) is 14.5 Å². The highest BCUT2D eigenvalue weighted by Gasteiger charge is 2.17. The summed E-state index contributed by atoms with van der Waals surface area (Å²) in [7, 11) is -1.43. The summed E-state index contributed by atoms with van der Waals surface area (Å²) in [6.07, 6.45) is 16.5. The number of H-pyrrole nitrogens is 2. The number of aromatic nitrogens is 6. The second kappa shape index (κ2) is 12.2. The van der Waals surface area contributed by atoms with E-state index in [4.69, 9.17) is 4.98 Å². The van der Waals surface area contributed by atoms with Crippen molar-refractivity contribution in [3.8, 4) is 33.8 Å². The van der Waals surface area contributed by atoms with Gasteiger partial charge in [0.2, 0.25) is 0 Å². The Kier molecular flexibility index (Phi) is 7.95. The number of aromatic amines is 2. The number of nitrogens with one attached hydrogen (secondary N) is 4. The number of nitrogens with zero attached hydrogens (tertiary/aromatic N) is 4. The zero-order chi connectivity index (χ0) is 31.0. The first-order valence-electron chi connectivity index (χ1n) is 15.2. The van der Waals surface area contributed by atoms with Crippen LogP contribution < -0.4 is 10.0 Å². The van der Waals surface area contributed by atoms with Crippen molar-refractivity contribution < 1.29 is 4.39 Å². The molecule has 0 atom stereocenters. The van der Waals surface area contributed by atoms with Crippen molar-refractivity contribution in [2.75, 3.05) is 12.8 Å². The third kappa shape index (κ3) is 6.54. The standard InChI is InChI=1S/C35H37FN8S/c1-45(2,3)41-17-23-8-25(11-27(36)10-23)30-19-39-20-33-28(30)12-32(42-33)35-29-13-31(40-21-34(29)43-44-35)26-9-24(16-38-18-26)15-37-14-22-6-4-5-7-22/h8-13,16,18-22,37,41-42H,1-2,4-7,14-15,17H2,3H3,(H,43,44). The van der Waals surface area contributed by atoms with E-state index in [9.17, 15) is 4.39 Å². The second-order valence-electron chi connectivity index (χ2n) is 12.3. The molecule has 230 valence electrons. The van der Waals surface area contributed by atoms with E-state index in [0.29, 0.717) is 6.54 Å². The summed E-state index contributed by atoms with van der Waals surface area (Å²) < 4.78 is 18.1. The predicted octanol–water partition coefficient (Wildman–Crippen LogP) is 6.95. The highest BCUT2D eigenvalue weighted by molar-refractivity contribution is 8.25. The van der Waals surface area contributed by atoms with E-state index in [1.807, 2.05) is 30.9 Å². The molecular weight excluding hydrogens is 584 g/mol. The fraction of sp³-hybridized carbons (Fsp3) is 0.257. The quantitative estimate of drug-likeness (QED) is 0.124. The molecule has 0 unspecified atom stereocenters. The first-order valence-corrected chi connectivity index (χ1v) is 17.6. The van der Waals surface area contributed by atoms with Gasteiger partial charge in [0, 0.05) is 53.6 Å².